The van der Waals surface area contributed by atoms with Crippen LogP contribution < -0.4 is 10.2 Å². The Labute approximate surface area is 190 Å². The molecule has 1 N–H and O–H groups in total. The first-order chi connectivity index (χ1) is 15.6. The van der Waals surface area contributed by atoms with Crippen LogP contribution in [0.2, 0.25) is 0 Å². The first-order valence-electron chi connectivity index (χ1n) is 10.8. The minimum atomic E-state index is -4.41. The number of aromatic nitrogens is 2. The third kappa shape index (κ3) is 4.44. The van der Waals surface area contributed by atoms with Crippen molar-refractivity contribution in [2.75, 3.05) is 36.9 Å². The molecule has 1 aromatic heterocycles. The second-order valence-electron chi connectivity index (χ2n) is 8.48. The molecular weight excluding hydrogens is 431 g/mol. The highest BCUT2D eigenvalue weighted by molar-refractivity contribution is 5.96. The highest BCUT2D eigenvalue weighted by atomic mass is 19.4. The molecule has 0 aliphatic carbocycles. The summed E-state index contributed by atoms with van der Waals surface area (Å²) in [5, 5.41) is 13.5. The lowest BCUT2D eigenvalue weighted by molar-refractivity contribution is -0.138. The van der Waals surface area contributed by atoms with Gasteiger partial charge in [-0.3, -0.25) is 4.79 Å². The van der Waals surface area contributed by atoms with Gasteiger partial charge in [-0.15, -0.1) is 5.10 Å². The van der Waals surface area contributed by atoms with Crippen LogP contribution in [0.4, 0.5) is 24.7 Å². The van der Waals surface area contributed by atoms with E-state index in [0.717, 1.165) is 28.2 Å². The predicted molar refractivity (Wildman–Crippen MR) is 122 cm³/mol. The van der Waals surface area contributed by atoms with Gasteiger partial charge in [0.2, 0.25) is 5.91 Å². The van der Waals surface area contributed by atoms with Crippen LogP contribution in [0.3, 0.4) is 0 Å². The van der Waals surface area contributed by atoms with Gasteiger partial charge in [-0.25, -0.2) is 0 Å². The van der Waals surface area contributed by atoms with Crippen molar-refractivity contribution in [3.8, 4) is 0 Å². The molecule has 0 unspecified atom stereocenters. The van der Waals surface area contributed by atoms with Crippen LogP contribution in [0.5, 0.6) is 0 Å². The first-order valence-corrected chi connectivity index (χ1v) is 10.8. The Kier molecular flexibility index (Phi) is 5.90. The van der Waals surface area contributed by atoms with Gasteiger partial charge >= 0.3 is 6.18 Å². The number of hydrogen-bond donors (Lipinski definition) is 1. The van der Waals surface area contributed by atoms with Gasteiger partial charge in [-0.1, -0.05) is 18.2 Å². The van der Waals surface area contributed by atoms with Crippen molar-refractivity contribution in [2.24, 2.45) is 0 Å². The average molecular weight is 458 g/mol. The predicted octanol–water partition coefficient (Wildman–Crippen LogP) is 4.72. The van der Waals surface area contributed by atoms with E-state index in [9.17, 15) is 18.0 Å². The van der Waals surface area contributed by atoms with Gasteiger partial charge in [-0.05, 0) is 50.1 Å². The number of carbonyl (C=O) groups excluding carboxylic acids is 1. The summed E-state index contributed by atoms with van der Waals surface area (Å²) in [5.74, 6) is 0.541. The number of benzene rings is 2. The number of halogens is 3. The number of hydrogen-bond acceptors (Lipinski definition) is 5. The van der Waals surface area contributed by atoms with Crippen molar-refractivity contribution in [1.29, 1.82) is 0 Å². The molecule has 6 nitrogen and oxygen atoms in total. The second kappa shape index (κ2) is 8.53. The van der Waals surface area contributed by atoms with Gasteiger partial charge in [0.25, 0.3) is 0 Å². The Morgan fingerprint density at radius 1 is 1.06 bits per heavy atom. The smallest absolute Gasteiger partial charge is 0.362 e. The van der Waals surface area contributed by atoms with E-state index >= 15 is 0 Å². The maximum absolute atomic E-state index is 13.4. The minimum absolute atomic E-state index is 0.0531. The molecule has 2 aromatic carbocycles. The van der Waals surface area contributed by atoms with E-state index < -0.39 is 17.8 Å². The Morgan fingerprint density at radius 3 is 2.52 bits per heavy atom. The molecule has 1 atom stereocenters. The minimum Gasteiger partial charge on any atom is -0.362 e. The van der Waals surface area contributed by atoms with Crippen molar-refractivity contribution in [3.05, 3.63) is 58.8 Å². The number of rotatable bonds is 4. The molecule has 2 heterocycles. The van der Waals surface area contributed by atoms with Gasteiger partial charge in [-0.2, -0.15) is 18.3 Å². The van der Waals surface area contributed by atoms with Gasteiger partial charge in [0, 0.05) is 36.6 Å². The monoisotopic (exact) mass is 457 g/mol. The number of anilines is 2. The topological polar surface area (TPSA) is 61.4 Å². The van der Waals surface area contributed by atoms with Crippen molar-refractivity contribution < 1.29 is 18.0 Å². The lowest BCUT2D eigenvalue weighted by atomic mass is 9.97. The molecule has 0 bridgehead atoms. The summed E-state index contributed by atoms with van der Waals surface area (Å²) < 4.78 is 40.1. The Hall–Kier alpha value is -3.36. The summed E-state index contributed by atoms with van der Waals surface area (Å²) in [6.45, 7) is 6.80. The number of amides is 1. The van der Waals surface area contributed by atoms with Gasteiger partial charge < -0.3 is 15.1 Å². The van der Waals surface area contributed by atoms with Crippen molar-refractivity contribution >= 4 is 28.2 Å². The highest BCUT2D eigenvalue weighted by Crippen LogP contribution is 2.36. The van der Waals surface area contributed by atoms with E-state index in [4.69, 9.17) is 0 Å². The summed E-state index contributed by atoms with van der Waals surface area (Å²) in [5.41, 5.74) is 1.73. The number of piperazine rings is 1. The fourth-order valence-electron chi connectivity index (χ4n) is 4.27. The molecular formula is C24H26F3N5O. The normalized spacial score (nSPS) is 15.8. The molecule has 1 aliphatic rings. The third-order valence-corrected chi connectivity index (χ3v) is 6.27. The molecule has 1 aliphatic heterocycles. The number of nitrogens with zero attached hydrogens (tertiary/aromatic N) is 4. The molecule has 4 rings (SSSR count). The maximum atomic E-state index is 13.4. The van der Waals surface area contributed by atoms with E-state index in [1.54, 1.807) is 24.9 Å². The molecule has 33 heavy (non-hydrogen) atoms. The fourth-order valence-corrected chi connectivity index (χ4v) is 4.27. The number of likely N-dealkylation sites (N-methyl/N-ethyl adjacent to an activating group) is 1. The van der Waals surface area contributed by atoms with Crippen LogP contribution >= 0.6 is 0 Å². The van der Waals surface area contributed by atoms with E-state index in [0.29, 0.717) is 31.0 Å². The number of alkyl halides is 3. The fraction of sp³-hybridized carbons (Fsp3) is 0.375. The summed E-state index contributed by atoms with van der Waals surface area (Å²) in [4.78, 5) is 15.9. The third-order valence-electron chi connectivity index (χ3n) is 6.27. The summed E-state index contributed by atoms with van der Waals surface area (Å²) in [7, 11) is 1.79. The highest BCUT2D eigenvalue weighted by Gasteiger charge is 2.33. The zero-order chi connectivity index (χ0) is 23.9. The van der Waals surface area contributed by atoms with Crippen LogP contribution in [-0.4, -0.2) is 47.7 Å². The van der Waals surface area contributed by atoms with Crippen LogP contribution in [0, 0.1) is 13.8 Å². The summed E-state index contributed by atoms with van der Waals surface area (Å²) >= 11 is 0. The van der Waals surface area contributed by atoms with Crippen LogP contribution in [0.15, 0.2) is 36.4 Å². The van der Waals surface area contributed by atoms with Crippen LogP contribution in [0.25, 0.3) is 10.8 Å². The first kappa shape index (κ1) is 22.8. The molecule has 1 amide bonds. The molecule has 1 fully saturated rings. The average Bonchev–Trinajstić information content (AvgIpc) is 2.76. The molecule has 0 spiro atoms. The molecule has 0 saturated carbocycles. The Balaban J connectivity index is 1.70. The maximum Gasteiger partial charge on any atom is 0.416 e. The van der Waals surface area contributed by atoms with Gasteiger partial charge in [0.15, 0.2) is 5.82 Å². The van der Waals surface area contributed by atoms with Crippen molar-refractivity contribution in [1.82, 2.24) is 15.1 Å². The van der Waals surface area contributed by atoms with Crippen LogP contribution in [0.1, 0.15) is 35.3 Å². The summed E-state index contributed by atoms with van der Waals surface area (Å²) in [6, 6.07) is 9.64. The lowest BCUT2D eigenvalue weighted by Crippen LogP contribution is -2.48. The molecule has 174 valence electrons. The zero-order valence-electron chi connectivity index (χ0n) is 19.0. The van der Waals surface area contributed by atoms with E-state index in [-0.39, 0.29) is 11.5 Å². The number of aryl methyl sites for hydroxylation is 1. The zero-order valence-corrected chi connectivity index (χ0v) is 19.0. The number of fused-ring (bicyclic) bond motifs is 1. The van der Waals surface area contributed by atoms with E-state index in [1.165, 1.54) is 13.0 Å². The Morgan fingerprint density at radius 2 is 1.82 bits per heavy atom. The number of nitrogens with one attached hydrogen (secondary N) is 1. The Bertz CT molecular complexity index is 1210. The molecule has 1 saturated heterocycles. The molecule has 0 radical (unpaired) electrons. The second-order valence-corrected chi connectivity index (χ2v) is 8.48. The van der Waals surface area contributed by atoms with E-state index in [2.05, 4.69) is 15.5 Å². The largest absolute Gasteiger partial charge is 0.416 e. The van der Waals surface area contributed by atoms with Crippen molar-refractivity contribution in [2.45, 2.75) is 33.0 Å². The molecule has 9 heteroatoms. The lowest BCUT2D eigenvalue weighted by Gasteiger charge is -2.33. The molecule has 3 aromatic rings. The van der Waals surface area contributed by atoms with Crippen molar-refractivity contribution in [3.63, 3.8) is 0 Å². The standard InChI is InChI=1S/C24H26F3N5O/c1-14-18(6-5-7-21(14)24(25,26)27)15(2)28-23-20-12-17(8-9-19(20)16(3)29-30-23)32-11-10-31(4)22(33)13-32/h5-9,12,15H,10-11,13H2,1-4H3,(H,28,30)/t15-/m1/s1. The quantitative estimate of drug-likeness (QED) is 0.615. The SMILES string of the molecule is Cc1c([C@@H](C)Nc2nnc(C)c3ccc(N4CCN(C)C(=O)C4)cc23)cccc1C(F)(F)F. The number of carbonyl (C=O) groups is 1. The van der Waals surface area contributed by atoms with Gasteiger partial charge in [0.1, 0.15) is 0 Å². The van der Waals surface area contributed by atoms with E-state index in [1.807, 2.05) is 30.0 Å². The van der Waals surface area contributed by atoms with Crippen LogP contribution in [-0.2, 0) is 11.0 Å². The summed E-state index contributed by atoms with van der Waals surface area (Å²) in [6.07, 6.45) is -4.41. The van der Waals surface area contributed by atoms with Gasteiger partial charge in [0.05, 0.1) is 23.8 Å².